The molecular weight excluding hydrogens is 316 g/mol. The number of amides is 1. The average molecular weight is 329 g/mol. The van der Waals surface area contributed by atoms with Gasteiger partial charge in [-0.3, -0.25) is 9.36 Å². The van der Waals surface area contributed by atoms with Crippen LogP contribution in [-0.4, -0.2) is 15.5 Å². The molecule has 3 aromatic rings. The van der Waals surface area contributed by atoms with Crippen molar-refractivity contribution in [1.82, 2.24) is 9.55 Å². The van der Waals surface area contributed by atoms with Gasteiger partial charge >= 0.3 is 5.69 Å². The highest BCUT2D eigenvalue weighted by atomic mass is 19.1. The van der Waals surface area contributed by atoms with Crippen molar-refractivity contribution in [1.29, 1.82) is 0 Å². The number of hydrogen-bond acceptors (Lipinski definition) is 2. The van der Waals surface area contributed by atoms with E-state index in [1.165, 1.54) is 16.8 Å². The van der Waals surface area contributed by atoms with Crippen LogP contribution < -0.4 is 11.0 Å². The zero-order valence-electron chi connectivity index (χ0n) is 12.4. The number of nitrogens with zero attached hydrogens (tertiary/aromatic N) is 1. The number of rotatable bonds is 4. The fourth-order valence-corrected chi connectivity index (χ4v) is 2.30. The number of anilines is 1. The van der Waals surface area contributed by atoms with Gasteiger partial charge in [0.05, 0.1) is 6.54 Å². The highest BCUT2D eigenvalue weighted by Gasteiger charge is 2.18. The first kappa shape index (κ1) is 15.7. The van der Waals surface area contributed by atoms with Gasteiger partial charge in [-0.2, -0.15) is 0 Å². The summed E-state index contributed by atoms with van der Waals surface area (Å²) in [6.07, 6.45) is 1.21. The van der Waals surface area contributed by atoms with Crippen LogP contribution in [0.15, 0.2) is 59.5 Å². The topological polar surface area (TPSA) is 66.9 Å². The maximum Gasteiger partial charge on any atom is 0.326 e. The van der Waals surface area contributed by atoms with Crippen LogP contribution >= 0.6 is 0 Å². The van der Waals surface area contributed by atoms with E-state index in [1.807, 2.05) is 18.2 Å². The molecule has 0 atom stereocenters. The number of carbonyl (C=O) groups excluding carboxylic acids is 1. The van der Waals surface area contributed by atoms with Crippen molar-refractivity contribution < 1.29 is 13.6 Å². The van der Waals surface area contributed by atoms with Gasteiger partial charge in [0.15, 0.2) is 0 Å². The minimum Gasteiger partial charge on any atom is -0.316 e. The van der Waals surface area contributed by atoms with Crippen molar-refractivity contribution in [3.05, 3.63) is 88.1 Å². The van der Waals surface area contributed by atoms with Gasteiger partial charge in [-0.25, -0.2) is 13.6 Å². The van der Waals surface area contributed by atoms with Gasteiger partial charge < -0.3 is 10.3 Å². The van der Waals surface area contributed by atoms with Gasteiger partial charge in [-0.15, -0.1) is 0 Å². The summed E-state index contributed by atoms with van der Waals surface area (Å²) < 4.78 is 28.5. The number of para-hydroxylation sites is 1. The van der Waals surface area contributed by atoms with E-state index < -0.39 is 28.9 Å². The first-order valence-electron chi connectivity index (χ1n) is 7.14. The summed E-state index contributed by atoms with van der Waals surface area (Å²) in [5, 5.41) is 2.17. The van der Waals surface area contributed by atoms with Crippen molar-refractivity contribution in [2.75, 3.05) is 5.32 Å². The molecule has 0 aliphatic heterocycles. The quantitative estimate of drug-likeness (QED) is 0.773. The molecule has 2 aromatic carbocycles. The van der Waals surface area contributed by atoms with Crippen molar-refractivity contribution in [3.8, 4) is 0 Å². The number of aromatic nitrogens is 2. The minimum atomic E-state index is -0.893. The van der Waals surface area contributed by atoms with Gasteiger partial charge in [-0.05, 0) is 17.7 Å². The molecule has 0 saturated carbocycles. The third kappa shape index (κ3) is 3.10. The maximum atomic E-state index is 13.6. The van der Waals surface area contributed by atoms with E-state index in [1.54, 1.807) is 12.1 Å². The number of imidazole rings is 1. The molecule has 1 aromatic heterocycles. The molecule has 0 radical (unpaired) electrons. The lowest BCUT2D eigenvalue weighted by molar-refractivity contribution is 0.101. The van der Waals surface area contributed by atoms with Gasteiger partial charge in [0, 0.05) is 6.20 Å². The molecule has 0 aliphatic rings. The van der Waals surface area contributed by atoms with Crippen LogP contribution in [0, 0.1) is 11.6 Å². The molecule has 0 fully saturated rings. The third-order valence-electron chi connectivity index (χ3n) is 3.49. The standard InChI is InChI=1S/C17H13F2N3O2/c18-12-7-4-8-13(19)15(12)21-16(23)14-9-20-17(24)22(14)10-11-5-2-1-3-6-11/h1-9H,10H2,(H,20,24)(H,21,23). The van der Waals surface area contributed by atoms with Gasteiger partial charge in [0.2, 0.25) is 0 Å². The molecule has 24 heavy (non-hydrogen) atoms. The van der Waals surface area contributed by atoms with Crippen LogP contribution in [0.4, 0.5) is 14.5 Å². The Morgan fingerprint density at radius 3 is 2.38 bits per heavy atom. The van der Waals surface area contributed by atoms with Crippen molar-refractivity contribution >= 4 is 11.6 Å². The number of nitrogens with one attached hydrogen (secondary N) is 2. The Morgan fingerprint density at radius 2 is 1.71 bits per heavy atom. The summed E-state index contributed by atoms with van der Waals surface area (Å²) in [4.78, 5) is 26.6. The van der Waals surface area contributed by atoms with E-state index in [2.05, 4.69) is 10.3 Å². The molecule has 2 N–H and O–H groups in total. The number of halogens is 2. The number of H-pyrrole nitrogens is 1. The monoisotopic (exact) mass is 329 g/mol. The van der Waals surface area contributed by atoms with Gasteiger partial charge in [0.1, 0.15) is 23.0 Å². The van der Waals surface area contributed by atoms with Crippen LogP contribution in [0.3, 0.4) is 0 Å². The summed E-state index contributed by atoms with van der Waals surface area (Å²) in [6.45, 7) is 0.158. The molecule has 3 rings (SSSR count). The van der Waals surface area contributed by atoms with Crippen LogP contribution in [0.25, 0.3) is 0 Å². The fourth-order valence-electron chi connectivity index (χ4n) is 2.30. The van der Waals surface area contributed by atoms with Crippen molar-refractivity contribution in [2.24, 2.45) is 0 Å². The molecule has 5 nitrogen and oxygen atoms in total. The predicted molar refractivity (Wildman–Crippen MR) is 84.9 cm³/mol. The van der Waals surface area contributed by atoms with Gasteiger partial charge in [0.25, 0.3) is 5.91 Å². The molecule has 0 unspecified atom stereocenters. The molecule has 0 aliphatic carbocycles. The highest BCUT2D eigenvalue weighted by Crippen LogP contribution is 2.18. The lowest BCUT2D eigenvalue weighted by atomic mass is 10.2. The van der Waals surface area contributed by atoms with E-state index in [0.29, 0.717) is 0 Å². The Labute approximate surface area is 135 Å². The number of hydrogen-bond donors (Lipinski definition) is 2. The van der Waals surface area contributed by atoms with Crippen molar-refractivity contribution in [3.63, 3.8) is 0 Å². The number of aromatic amines is 1. The Hall–Kier alpha value is -3.22. The lowest BCUT2D eigenvalue weighted by Crippen LogP contribution is -2.25. The van der Waals surface area contributed by atoms with Gasteiger partial charge in [-0.1, -0.05) is 36.4 Å². The third-order valence-corrected chi connectivity index (χ3v) is 3.49. The van der Waals surface area contributed by atoms with Crippen molar-refractivity contribution in [2.45, 2.75) is 6.54 Å². The van der Waals surface area contributed by atoms with Crippen LogP contribution in [-0.2, 0) is 6.54 Å². The number of benzene rings is 2. The zero-order valence-corrected chi connectivity index (χ0v) is 12.4. The molecule has 122 valence electrons. The molecule has 7 heteroatoms. The molecule has 0 saturated heterocycles. The van der Waals surface area contributed by atoms with E-state index in [9.17, 15) is 18.4 Å². The fraction of sp³-hybridized carbons (Fsp3) is 0.0588. The summed E-state index contributed by atoms with van der Waals surface area (Å²) in [7, 11) is 0. The first-order valence-corrected chi connectivity index (χ1v) is 7.14. The maximum absolute atomic E-state index is 13.6. The Morgan fingerprint density at radius 1 is 1.04 bits per heavy atom. The van der Waals surface area contributed by atoms with E-state index in [-0.39, 0.29) is 12.2 Å². The lowest BCUT2D eigenvalue weighted by Gasteiger charge is -2.09. The summed E-state index contributed by atoms with van der Waals surface area (Å²) in [5.41, 5.74) is -0.253. The molecule has 1 heterocycles. The molecule has 0 bridgehead atoms. The molecular formula is C17H13F2N3O2. The summed E-state index contributed by atoms with van der Waals surface area (Å²) in [6, 6.07) is 12.3. The minimum absolute atomic E-state index is 0.0218. The predicted octanol–water partition coefficient (Wildman–Crippen LogP) is 2.76. The number of carbonyl (C=O) groups is 1. The van der Waals surface area contributed by atoms with Crippen LogP contribution in [0.5, 0.6) is 0 Å². The largest absolute Gasteiger partial charge is 0.326 e. The Balaban J connectivity index is 1.90. The van der Waals surface area contributed by atoms with Crippen LogP contribution in [0.1, 0.15) is 16.1 Å². The summed E-state index contributed by atoms with van der Waals surface area (Å²) in [5.74, 6) is -2.57. The van der Waals surface area contributed by atoms with E-state index in [4.69, 9.17) is 0 Å². The van der Waals surface area contributed by atoms with E-state index in [0.717, 1.165) is 17.7 Å². The average Bonchev–Trinajstić information content (AvgIpc) is 2.93. The molecule has 0 spiro atoms. The summed E-state index contributed by atoms with van der Waals surface area (Å²) >= 11 is 0. The normalized spacial score (nSPS) is 10.6. The zero-order chi connectivity index (χ0) is 17.1. The second-order valence-corrected chi connectivity index (χ2v) is 5.10. The SMILES string of the molecule is O=C(Nc1c(F)cccc1F)c1c[nH]c(=O)n1Cc1ccccc1. The second-order valence-electron chi connectivity index (χ2n) is 5.10. The second kappa shape index (κ2) is 6.49. The highest BCUT2D eigenvalue weighted by molar-refractivity contribution is 6.03. The molecule has 1 amide bonds. The van der Waals surface area contributed by atoms with E-state index >= 15 is 0 Å². The smallest absolute Gasteiger partial charge is 0.316 e. The Kier molecular flexibility index (Phi) is 4.24. The first-order chi connectivity index (χ1) is 11.6. The Bertz CT molecular complexity index is 912. The van der Waals surface area contributed by atoms with Crippen LogP contribution in [0.2, 0.25) is 0 Å².